The first-order valence-electron chi connectivity index (χ1n) is 19.7. The molecule has 2 saturated heterocycles. The van der Waals surface area contributed by atoms with Crippen molar-refractivity contribution < 1.29 is 23.9 Å². The van der Waals surface area contributed by atoms with Crippen molar-refractivity contribution in [1.82, 2.24) is 40.4 Å². The molecule has 2 aromatic carbocycles. The lowest BCUT2D eigenvalue weighted by molar-refractivity contribution is -0.140. The molecule has 3 fully saturated rings. The van der Waals surface area contributed by atoms with E-state index in [2.05, 4.69) is 75.7 Å². The van der Waals surface area contributed by atoms with Crippen molar-refractivity contribution in [2.24, 2.45) is 17.8 Å². The van der Waals surface area contributed by atoms with E-state index in [1.165, 1.54) is 7.11 Å². The number of ether oxygens (including phenoxy) is 2. The van der Waals surface area contributed by atoms with Gasteiger partial charge in [0.15, 0.2) is 5.88 Å². The van der Waals surface area contributed by atoms with E-state index in [1.807, 2.05) is 49.9 Å². The molecule has 2 aliphatic heterocycles. The highest BCUT2D eigenvalue weighted by atomic mass is 16.5. The maximum Gasteiger partial charge on any atom is 0.407 e. The number of nitrogens with zero attached hydrogens (tertiary/aromatic N) is 4. The van der Waals surface area contributed by atoms with Crippen molar-refractivity contribution in [1.29, 1.82) is 0 Å². The summed E-state index contributed by atoms with van der Waals surface area (Å²) in [5.41, 5.74) is 5.31. The van der Waals surface area contributed by atoms with Gasteiger partial charge < -0.3 is 39.9 Å². The summed E-state index contributed by atoms with van der Waals surface area (Å²) in [6, 6.07) is 15.4. The van der Waals surface area contributed by atoms with Crippen LogP contribution < -0.4 is 10.6 Å². The number of piperidine rings is 1. The Kier molecular flexibility index (Phi) is 11.0. The van der Waals surface area contributed by atoms with Gasteiger partial charge in [0.1, 0.15) is 29.3 Å². The van der Waals surface area contributed by atoms with E-state index in [4.69, 9.17) is 19.4 Å². The quantitative estimate of drug-likeness (QED) is 0.109. The Morgan fingerprint density at radius 2 is 1.39 bits per heavy atom. The van der Waals surface area contributed by atoms with E-state index in [9.17, 15) is 14.4 Å². The number of methoxy groups -OCH3 is 2. The average molecular weight is 763 g/mol. The SMILES string of the molecule is C=C(N[C@H](C(=O)N1C[C@@H]2CC[C@@]1(c1nc(-c3ccc(-c4ccc(-c5c[nH]c([C@@H]6CCCN6C(=O)[C@@H](NC(=O)OC)C(C)C)n5)cc4)cc3)c[nH]1)C2)C(C)C)OC. The van der Waals surface area contributed by atoms with Gasteiger partial charge in [0.05, 0.1) is 31.6 Å². The third kappa shape index (κ3) is 7.38. The largest absolute Gasteiger partial charge is 0.483 e. The highest BCUT2D eigenvalue weighted by Crippen LogP contribution is 2.52. The molecule has 7 rings (SSSR count). The molecule has 2 aromatic heterocycles. The number of amides is 3. The van der Waals surface area contributed by atoms with Gasteiger partial charge >= 0.3 is 6.09 Å². The predicted octanol–water partition coefficient (Wildman–Crippen LogP) is 6.75. The normalized spacial score (nSPS) is 21.4. The molecule has 5 atom stereocenters. The van der Waals surface area contributed by atoms with Gasteiger partial charge in [0, 0.05) is 36.6 Å². The Morgan fingerprint density at radius 1 is 0.804 bits per heavy atom. The first-order chi connectivity index (χ1) is 26.9. The second-order valence-electron chi connectivity index (χ2n) is 16.1. The van der Waals surface area contributed by atoms with Gasteiger partial charge in [0.2, 0.25) is 11.8 Å². The van der Waals surface area contributed by atoms with Crippen LogP contribution in [0.25, 0.3) is 33.6 Å². The van der Waals surface area contributed by atoms with Gasteiger partial charge in [-0.15, -0.1) is 0 Å². The van der Waals surface area contributed by atoms with Gasteiger partial charge in [-0.3, -0.25) is 9.59 Å². The molecular formula is C43H54N8O5. The highest BCUT2D eigenvalue weighted by Gasteiger charge is 2.56. The zero-order chi connectivity index (χ0) is 39.7. The Bertz CT molecular complexity index is 2050. The minimum absolute atomic E-state index is 0.0556. The molecule has 1 saturated carbocycles. The van der Waals surface area contributed by atoms with E-state index in [1.54, 1.807) is 7.11 Å². The van der Waals surface area contributed by atoms with Crippen molar-refractivity contribution in [3.05, 3.63) is 85.0 Å². The molecule has 3 amide bonds. The molecule has 13 nitrogen and oxygen atoms in total. The molecule has 0 radical (unpaired) electrons. The standard InChI is InChI=1S/C43H54N8O5/c1-25(2)36(49-42(54)56-7)39(52)50-20-8-9-35(50)38-44-22-33(47-38)31-14-10-29(11-15-31)30-12-16-32(17-13-30)34-23-45-41(48-34)43-19-18-28(21-43)24-51(43)40(53)37(26(3)4)46-27(5)55-6/h10-17,22-23,25-26,28,35-37,46H,5,8-9,18-21,24H2,1-4,6-7H3,(H,44,47)(H,45,48)(H,49,54)/t28-,35+,36+,37+,43+/m1/s1. The summed E-state index contributed by atoms with van der Waals surface area (Å²) in [5, 5.41) is 5.89. The number of H-pyrrole nitrogens is 2. The van der Waals surface area contributed by atoms with E-state index < -0.39 is 23.7 Å². The summed E-state index contributed by atoms with van der Waals surface area (Å²) in [6.45, 7) is 13.1. The topological polar surface area (TPSA) is 158 Å². The summed E-state index contributed by atoms with van der Waals surface area (Å²) < 4.78 is 10.0. The summed E-state index contributed by atoms with van der Waals surface area (Å²) in [7, 11) is 2.85. The van der Waals surface area contributed by atoms with Gasteiger partial charge in [-0.1, -0.05) is 76.2 Å². The van der Waals surface area contributed by atoms with Crippen molar-refractivity contribution in [2.45, 2.75) is 83.5 Å². The fourth-order valence-electron chi connectivity index (χ4n) is 8.74. The summed E-state index contributed by atoms with van der Waals surface area (Å²) in [6.07, 6.45) is 7.73. The van der Waals surface area contributed by atoms with Gasteiger partial charge in [-0.25, -0.2) is 14.8 Å². The molecule has 4 N–H and O–H groups in total. The number of fused-ring (bicyclic) bond motifs is 2. The van der Waals surface area contributed by atoms with E-state index in [-0.39, 0.29) is 29.7 Å². The van der Waals surface area contributed by atoms with Crippen LogP contribution in [-0.4, -0.2) is 87.0 Å². The second-order valence-corrected chi connectivity index (χ2v) is 16.1. The zero-order valence-electron chi connectivity index (χ0n) is 33.2. The number of nitrogens with one attached hydrogen (secondary N) is 4. The summed E-state index contributed by atoms with van der Waals surface area (Å²) in [5.74, 6) is 2.30. The molecule has 13 heteroatoms. The maximum absolute atomic E-state index is 14.0. The first-order valence-corrected chi connectivity index (χ1v) is 19.7. The Hall–Kier alpha value is -5.59. The number of carbonyl (C=O) groups excluding carboxylic acids is 3. The minimum Gasteiger partial charge on any atom is -0.483 e. The van der Waals surface area contributed by atoms with Crippen LogP contribution in [-0.2, 0) is 24.6 Å². The molecule has 0 unspecified atom stereocenters. The Morgan fingerprint density at radius 3 is 1.98 bits per heavy atom. The number of alkyl carbamates (subject to hydrolysis) is 1. The number of aromatic nitrogens is 4. The summed E-state index contributed by atoms with van der Waals surface area (Å²) >= 11 is 0. The lowest BCUT2D eigenvalue weighted by atomic mass is 9.93. The second kappa shape index (κ2) is 15.9. The van der Waals surface area contributed by atoms with Gasteiger partial charge in [-0.05, 0) is 67.6 Å². The van der Waals surface area contributed by atoms with Crippen molar-refractivity contribution in [3.63, 3.8) is 0 Å². The zero-order valence-corrected chi connectivity index (χ0v) is 33.2. The lowest BCUT2D eigenvalue weighted by Crippen LogP contribution is -2.55. The van der Waals surface area contributed by atoms with E-state index >= 15 is 0 Å². The van der Waals surface area contributed by atoms with Crippen LogP contribution in [0.1, 0.15) is 77.5 Å². The predicted molar refractivity (Wildman–Crippen MR) is 214 cm³/mol. The van der Waals surface area contributed by atoms with Crippen LogP contribution in [0.4, 0.5) is 4.79 Å². The van der Waals surface area contributed by atoms with Crippen LogP contribution in [0.5, 0.6) is 0 Å². The molecule has 2 bridgehead atoms. The molecule has 4 heterocycles. The third-order valence-electron chi connectivity index (χ3n) is 11.9. The van der Waals surface area contributed by atoms with Crippen LogP contribution >= 0.6 is 0 Å². The number of hydrogen-bond donors (Lipinski definition) is 4. The fraction of sp³-hybridized carbons (Fsp3) is 0.465. The molecule has 56 heavy (non-hydrogen) atoms. The van der Waals surface area contributed by atoms with Crippen LogP contribution in [0.3, 0.4) is 0 Å². The lowest BCUT2D eigenvalue weighted by Gasteiger charge is -2.40. The van der Waals surface area contributed by atoms with Crippen LogP contribution in [0, 0.1) is 17.8 Å². The molecule has 0 spiro atoms. The van der Waals surface area contributed by atoms with Gasteiger partial charge in [0.25, 0.3) is 0 Å². The number of rotatable bonds is 13. The number of aromatic amines is 2. The molecular weight excluding hydrogens is 709 g/mol. The molecule has 1 aliphatic carbocycles. The van der Waals surface area contributed by atoms with Gasteiger partial charge in [-0.2, -0.15) is 0 Å². The van der Waals surface area contributed by atoms with Crippen LogP contribution in [0.15, 0.2) is 73.4 Å². The first kappa shape index (κ1) is 38.7. The highest BCUT2D eigenvalue weighted by molar-refractivity contribution is 5.86. The van der Waals surface area contributed by atoms with Crippen molar-refractivity contribution >= 4 is 17.9 Å². The van der Waals surface area contributed by atoms with E-state index in [0.29, 0.717) is 18.3 Å². The van der Waals surface area contributed by atoms with Crippen molar-refractivity contribution in [2.75, 3.05) is 27.3 Å². The molecule has 3 aliphatic rings. The monoisotopic (exact) mass is 762 g/mol. The molecule has 4 aromatic rings. The molecule has 296 valence electrons. The number of likely N-dealkylation sites (tertiary alicyclic amines) is 2. The Labute approximate surface area is 328 Å². The third-order valence-corrected chi connectivity index (χ3v) is 11.9. The minimum atomic E-state index is -0.681. The van der Waals surface area contributed by atoms with Crippen LogP contribution in [0.2, 0.25) is 0 Å². The maximum atomic E-state index is 14.0. The average Bonchev–Trinajstić information content (AvgIpc) is 4.06. The fourth-order valence-corrected chi connectivity index (χ4v) is 8.74. The number of carbonyl (C=O) groups is 3. The number of imidazole rings is 2. The summed E-state index contributed by atoms with van der Waals surface area (Å²) in [4.78, 5) is 60.2. The van der Waals surface area contributed by atoms with Crippen molar-refractivity contribution in [3.8, 4) is 33.6 Å². The Balaban J connectivity index is 1.03. The smallest absolute Gasteiger partial charge is 0.407 e. The van der Waals surface area contributed by atoms with E-state index in [0.717, 1.165) is 83.9 Å². The number of hydrogen-bond acceptors (Lipinski definition) is 8. The number of benzene rings is 2.